The molecule has 0 bridgehead atoms. The molecule has 0 heterocycles. The number of carbonyl (C=O) groups is 2. The second-order valence-electron chi connectivity index (χ2n) is 6.05. The van der Waals surface area contributed by atoms with Gasteiger partial charge in [-0.05, 0) is 57.0 Å². The predicted octanol–water partition coefficient (Wildman–Crippen LogP) is 4.27. The van der Waals surface area contributed by atoms with Crippen LogP contribution in [0.25, 0.3) is 0 Å². The van der Waals surface area contributed by atoms with Crippen LogP contribution in [0.2, 0.25) is 0 Å². The third kappa shape index (κ3) is 5.94. The van der Waals surface area contributed by atoms with Gasteiger partial charge in [0.1, 0.15) is 0 Å². The summed E-state index contributed by atoms with van der Waals surface area (Å²) in [5.41, 5.74) is 4.05. The van der Waals surface area contributed by atoms with E-state index < -0.39 is 12.1 Å². The molecule has 1 N–H and O–H groups in total. The first-order chi connectivity index (χ1) is 11.8. The molecule has 2 aromatic rings. The maximum atomic E-state index is 12.1. The van der Waals surface area contributed by atoms with E-state index in [1.807, 2.05) is 51.1 Å². The van der Waals surface area contributed by atoms with E-state index in [4.69, 9.17) is 4.74 Å². The highest BCUT2D eigenvalue weighted by Crippen LogP contribution is 2.23. The molecule has 0 aliphatic carbocycles. The zero-order chi connectivity index (χ0) is 18.4. The molecule has 2 aromatic carbocycles. The Hall–Kier alpha value is -2.27. The fourth-order valence-electron chi connectivity index (χ4n) is 2.35. The number of carbonyl (C=O) groups excluding carboxylic acids is 2. The summed E-state index contributed by atoms with van der Waals surface area (Å²) >= 11 is 1.42. The van der Waals surface area contributed by atoms with Crippen molar-refractivity contribution >= 4 is 29.3 Å². The van der Waals surface area contributed by atoms with E-state index in [9.17, 15) is 9.59 Å². The van der Waals surface area contributed by atoms with Crippen molar-refractivity contribution in [2.24, 2.45) is 0 Å². The van der Waals surface area contributed by atoms with Crippen LogP contribution in [0.15, 0.2) is 47.4 Å². The van der Waals surface area contributed by atoms with Crippen molar-refractivity contribution in [1.29, 1.82) is 0 Å². The molecule has 1 atom stereocenters. The van der Waals surface area contributed by atoms with Crippen molar-refractivity contribution in [2.75, 3.05) is 11.1 Å². The van der Waals surface area contributed by atoms with E-state index in [0.717, 1.165) is 16.0 Å². The Bertz CT molecular complexity index is 773. The normalized spacial score (nSPS) is 11.7. The minimum absolute atomic E-state index is 0.173. The van der Waals surface area contributed by atoms with Gasteiger partial charge in [-0.2, -0.15) is 0 Å². The number of anilines is 1. The van der Waals surface area contributed by atoms with Crippen LogP contribution in [-0.2, 0) is 14.3 Å². The largest absolute Gasteiger partial charge is 0.452 e. The highest BCUT2D eigenvalue weighted by atomic mass is 32.2. The molecule has 0 radical (unpaired) electrons. The molecule has 0 aromatic heterocycles. The Morgan fingerprint density at radius 1 is 1.08 bits per heavy atom. The summed E-state index contributed by atoms with van der Waals surface area (Å²) in [4.78, 5) is 25.2. The average Bonchev–Trinajstić information content (AvgIpc) is 2.54. The monoisotopic (exact) mass is 357 g/mol. The first-order valence-corrected chi connectivity index (χ1v) is 9.11. The molecule has 0 aliphatic heterocycles. The zero-order valence-electron chi connectivity index (χ0n) is 15.0. The van der Waals surface area contributed by atoms with E-state index in [0.29, 0.717) is 5.69 Å². The van der Waals surface area contributed by atoms with E-state index in [2.05, 4.69) is 11.4 Å². The van der Waals surface area contributed by atoms with Gasteiger partial charge in [-0.25, -0.2) is 0 Å². The molecule has 2 rings (SSSR count). The molecule has 0 unspecified atom stereocenters. The van der Waals surface area contributed by atoms with Crippen LogP contribution in [0.4, 0.5) is 5.69 Å². The molecule has 0 fully saturated rings. The van der Waals surface area contributed by atoms with Gasteiger partial charge in [0, 0.05) is 10.6 Å². The van der Waals surface area contributed by atoms with Crippen molar-refractivity contribution in [3.05, 3.63) is 59.2 Å². The summed E-state index contributed by atoms with van der Waals surface area (Å²) < 4.78 is 5.23. The van der Waals surface area contributed by atoms with Gasteiger partial charge < -0.3 is 10.1 Å². The molecular weight excluding hydrogens is 334 g/mol. The molecule has 0 saturated carbocycles. The van der Waals surface area contributed by atoms with E-state index in [-0.39, 0.29) is 11.7 Å². The first kappa shape index (κ1) is 19.1. The molecule has 0 aliphatic rings. The summed E-state index contributed by atoms with van der Waals surface area (Å²) in [5.74, 6) is -0.571. The van der Waals surface area contributed by atoms with E-state index >= 15 is 0 Å². The van der Waals surface area contributed by atoms with Gasteiger partial charge in [-0.3, -0.25) is 9.59 Å². The summed E-state index contributed by atoms with van der Waals surface area (Å²) in [7, 11) is 0. The van der Waals surface area contributed by atoms with E-state index in [1.165, 1.54) is 17.3 Å². The van der Waals surface area contributed by atoms with Crippen LogP contribution in [0.3, 0.4) is 0 Å². The second kappa shape index (κ2) is 8.72. The van der Waals surface area contributed by atoms with Crippen LogP contribution in [0, 0.1) is 20.8 Å². The maximum Gasteiger partial charge on any atom is 0.317 e. The lowest BCUT2D eigenvalue weighted by atomic mass is 10.2. The number of amides is 1. The lowest BCUT2D eigenvalue weighted by Crippen LogP contribution is -2.30. The topological polar surface area (TPSA) is 55.4 Å². The van der Waals surface area contributed by atoms with Gasteiger partial charge in [0.25, 0.3) is 5.91 Å². The predicted molar refractivity (Wildman–Crippen MR) is 102 cm³/mol. The number of thioether (sulfide) groups is 1. The molecule has 4 nitrogen and oxygen atoms in total. The SMILES string of the molecule is Cc1cccc(NC(=O)[C@@H](C)OC(=O)CSc2ccc(C)cc2C)c1. The van der Waals surface area contributed by atoms with Crippen LogP contribution in [-0.4, -0.2) is 23.7 Å². The van der Waals surface area contributed by atoms with Crippen LogP contribution in [0.5, 0.6) is 0 Å². The van der Waals surface area contributed by atoms with Crippen LogP contribution >= 0.6 is 11.8 Å². The Balaban J connectivity index is 1.83. The van der Waals surface area contributed by atoms with Gasteiger partial charge in [-0.15, -0.1) is 11.8 Å². The smallest absolute Gasteiger partial charge is 0.317 e. The van der Waals surface area contributed by atoms with Crippen molar-refractivity contribution in [2.45, 2.75) is 38.7 Å². The molecule has 5 heteroatoms. The Morgan fingerprint density at radius 3 is 2.48 bits per heavy atom. The number of benzene rings is 2. The molecule has 0 spiro atoms. The third-order valence-electron chi connectivity index (χ3n) is 3.64. The van der Waals surface area contributed by atoms with Gasteiger partial charge >= 0.3 is 5.97 Å². The maximum absolute atomic E-state index is 12.1. The second-order valence-corrected chi connectivity index (χ2v) is 7.07. The van der Waals surface area contributed by atoms with Gasteiger partial charge in [0.05, 0.1) is 5.75 Å². The quantitative estimate of drug-likeness (QED) is 0.619. The first-order valence-electron chi connectivity index (χ1n) is 8.12. The number of hydrogen-bond acceptors (Lipinski definition) is 4. The Morgan fingerprint density at radius 2 is 1.80 bits per heavy atom. The van der Waals surface area contributed by atoms with Gasteiger partial charge in [0.15, 0.2) is 6.10 Å². The Labute approximate surface area is 153 Å². The van der Waals surface area contributed by atoms with Crippen LogP contribution in [0.1, 0.15) is 23.6 Å². The molecular formula is C20H23NO3S. The molecule has 132 valence electrons. The summed E-state index contributed by atoms with van der Waals surface area (Å²) in [5, 5.41) is 2.75. The standard InChI is InChI=1S/C20H23NO3S/c1-13-6-5-7-17(11-13)21-20(23)16(4)24-19(22)12-25-18-9-8-14(2)10-15(18)3/h5-11,16H,12H2,1-4H3,(H,21,23)/t16-/m1/s1. The number of hydrogen-bond donors (Lipinski definition) is 1. The van der Waals surface area contributed by atoms with Crippen molar-refractivity contribution in [3.8, 4) is 0 Å². The minimum atomic E-state index is -0.840. The average molecular weight is 357 g/mol. The van der Waals surface area contributed by atoms with Gasteiger partial charge in [0.2, 0.25) is 0 Å². The molecule has 1 amide bonds. The lowest BCUT2D eigenvalue weighted by Gasteiger charge is -2.14. The van der Waals surface area contributed by atoms with Crippen molar-refractivity contribution in [3.63, 3.8) is 0 Å². The Kier molecular flexibility index (Phi) is 6.65. The molecule has 25 heavy (non-hydrogen) atoms. The van der Waals surface area contributed by atoms with Crippen molar-refractivity contribution in [1.82, 2.24) is 0 Å². The van der Waals surface area contributed by atoms with E-state index in [1.54, 1.807) is 13.0 Å². The number of esters is 1. The summed E-state index contributed by atoms with van der Waals surface area (Å²) in [6, 6.07) is 13.6. The van der Waals surface area contributed by atoms with Crippen molar-refractivity contribution < 1.29 is 14.3 Å². The number of aryl methyl sites for hydroxylation is 3. The third-order valence-corrected chi connectivity index (χ3v) is 4.79. The summed E-state index contributed by atoms with van der Waals surface area (Å²) in [6.07, 6.45) is -0.840. The van der Waals surface area contributed by atoms with Crippen LogP contribution < -0.4 is 5.32 Å². The highest BCUT2D eigenvalue weighted by Gasteiger charge is 2.18. The lowest BCUT2D eigenvalue weighted by molar-refractivity contribution is -0.150. The number of rotatable bonds is 6. The fraction of sp³-hybridized carbons (Fsp3) is 0.300. The minimum Gasteiger partial charge on any atom is -0.452 e. The molecule has 0 saturated heterocycles. The fourth-order valence-corrected chi connectivity index (χ4v) is 3.14. The van der Waals surface area contributed by atoms with Gasteiger partial charge in [-0.1, -0.05) is 29.8 Å². The zero-order valence-corrected chi connectivity index (χ0v) is 15.8. The number of nitrogens with one attached hydrogen (secondary N) is 1. The highest BCUT2D eigenvalue weighted by molar-refractivity contribution is 8.00. The number of ether oxygens (including phenoxy) is 1. The summed E-state index contributed by atoms with van der Waals surface area (Å²) in [6.45, 7) is 7.57.